The van der Waals surface area contributed by atoms with Crippen LogP contribution in [0.15, 0.2) is 29.1 Å². The number of pyridine rings is 2. The summed E-state index contributed by atoms with van der Waals surface area (Å²) in [4.78, 5) is 30.5. The molecule has 4 rings (SSSR count). The molecule has 1 aromatic carbocycles. The molecule has 3 N–H and O–H groups in total. The van der Waals surface area contributed by atoms with Crippen LogP contribution in [0.5, 0.6) is 0 Å². The third-order valence-electron chi connectivity index (χ3n) is 4.79. The molecule has 1 aliphatic heterocycles. The Balaban J connectivity index is 1.98. The Labute approximate surface area is 153 Å². The lowest BCUT2D eigenvalue weighted by Gasteiger charge is -2.29. The number of nitrogens with zero attached hydrogens (tertiary/aromatic N) is 3. The number of hydrogen-bond donors (Lipinski definition) is 3. The summed E-state index contributed by atoms with van der Waals surface area (Å²) in [6, 6.07) is 7.24. The maximum Gasteiger partial charge on any atom is 0.344 e. The second-order valence-corrected chi connectivity index (χ2v) is 6.33. The number of benzene rings is 1. The summed E-state index contributed by atoms with van der Waals surface area (Å²) in [5.74, 6) is -2.79. The van der Waals surface area contributed by atoms with Crippen LogP contribution in [0.2, 0.25) is 0 Å². The largest absolute Gasteiger partial charge is 0.477 e. The first-order valence-electron chi connectivity index (χ1n) is 8.57. The molecule has 0 unspecified atom stereocenters. The van der Waals surface area contributed by atoms with E-state index in [4.69, 9.17) is 0 Å². The quantitative estimate of drug-likeness (QED) is 0.466. The van der Waals surface area contributed by atoms with Gasteiger partial charge in [0.25, 0.3) is 0 Å². The van der Waals surface area contributed by atoms with Crippen molar-refractivity contribution in [2.45, 2.75) is 0 Å². The fourth-order valence-electron chi connectivity index (χ4n) is 3.43. The number of fused-ring (bicyclic) bond motifs is 2. The summed E-state index contributed by atoms with van der Waals surface area (Å²) in [6.07, 6.45) is 0. The molecular weight excluding hydrogens is 353 g/mol. The lowest BCUT2D eigenvalue weighted by atomic mass is 10.1. The number of piperazine rings is 1. The van der Waals surface area contributed by atoms with Gasteiger partial charge in [0, 0.05) is 44.3 Å². The van der Waals surface area contributed by atoms with Crippen molar-refractivity contribution < 1.29 is 14.3 Å². The first kappa shape index (κ1) is 17.2. The number of aromatic nitrogens is 2. The molecule has 140 valence electrons. The van der Waals surface area contributed by atoms with E-state index in [9.17, 15) is 19.1 Å². The third kappa shape index (κ3) is 2.76. The normalized spacial score (nSPS) is 14.7. The number of nitrogens with one attached hydrogen (secondary N) is 2. The van der Waals surface area contributed by atoms with E-state index in [0.717, 1.165) is 36.5 Å². The highest BCUT2D eigenvalue weighted by Gasteiger charge is 2.23. The van der Waals surface area contributed by atoms with Crippen LogP contribution in [0.4, 0.5) is 10.1 Å². The summed E-state index contributed by atoms with van der Waals surface area (Å²) in [5.41, 5.74) is 2.42. The fraction of sp³-hybridized carbons (Fsp3) is 0.278. The van der Waals surface area contributed by atoms with Crippen LogP contribution in [-0.2, 0) is 0 Å². The predicted molar refractivity (Wildman–Crippen MR) is 101 cm³/mol. The number of rotatable bonds is 3. The molecule has 0 bridgehead atoms. The van der Waals surface area contributed by atoms with E-state index in [1.807, 2.05) is 18.2 Å². The van der Waals surface area contributed by atoms with E-state index in [1.165, 1.54) is 7.05 Å². The van der Waals surface area contributed by atoms with E-state index < -0.39 is 22.9 Å². The minimum atomic E-state index is -1.61. The number of hydrogen-bond acceptors (Lipinski definition) is 6. The minimum absolute atomic E-state index is 0.0468. The molecule has 3 aromatic rings. The van der Waals surface area contributed by atoms with Gasteiger partial charge < -0.3 is 20.7 Å². The van der Waals surface area contributed by atoms with Crippen molar-refractivity contribution in [3.05, 3.63) is 46.0 Å². The number of aromatic carboxylic acids is 1. The van der Waals surface area contributed by atoms with E-state index >= 15 is 0 Å². The number of carboxylic acids is 1. The average molecular weight is 371 g/mol. The average Bonchev–Trinajstić information content (AvgIpc) is 2.67. The summed E-state index contributed by atoms with van der Waals surface area (Å²) in [6.45, 7) is 3.53. The Morgan fingerprint density at radius 1 is 1.30 bits per heavy atom. The second-order valence-electron chi connectivity index (χ2n) is 6.33. The first-order valence-corrected chi connectivity index (χ1v) is 8.57. The third-order valence-corrected chi connectivity index (χ3v) is 4.79. The van der Waals surface area contributed by atoms with Gasteiger partial charge in [-0.2, -0.15) is 4.39 Å². The molecule has 0 radical (unpaired) electrons. The molecule has 0 saturated carbocycles. The zero-order valence-corrected chi connectivity index (χ0v) is 14.6. The molecule has 1 saturated heterocycles. The molecule has 9 heteroatoms. The summed E-state index contributed by atoms with van der Waals surface area (Å²) in [5, 5.41) is 13.2. The standard InChI is InChI=1S/C18H18FN5O3/c1-20-24-16(19)14(18(26)27)15(25)12-8-10-2-3-11(9-13(10)22-17(12)24)23-6-4-21-5-7-23/h2-3,8-9,20-21H,4-7H2,1H3,(H,26,27). The monoisotopic (exact) mass is 371 g/mol. The molecule has 1 aliphatic rings. The Kier molecular flexibility index (Phi) is 4.15. The summed E-state index contributed by atoms with van der Waals surface area (Å²) in [7, 11) is 1.43. The lowest BCUT2D eigenvalue weighted by molar-refractivity contribution is 0.0688. The zero-order valence-electron chi connectivity index (χ0n) is 14.6. The number of halogens is 1. The predicted octanol–water partition coefficient (Wildman–Crippen LogP) is 0.970. The molecule has 1 fully saturated rings. The molecule has 3 heterocycles. The highest BCUT2D eigenvalue weighted by molar-refractivity contribution is 5.97. The van der Waals surface area contributed by atoms with Gasteiger partial charge in [-0.15, -0.1) is 0 Å². The van der Waals surface area contributed by atoms with Crippen molar-refractivity contribution in [2.24, 2.45) is 0 Å². The van der Waals surface area contributed by atoms with Gasteiger partial charge in [-0.1, -0.05) is 6.07 Å². The van der Waals surface area contributed by atoms with Crippen LogP contribution in [0.1, 0.15) is 10.4 Å². The first-order chi connectivity index (χ1) is 13.0. The molecular formula is C18H18FN5O3. The van der Waals surface area contributed by atoms with Gasteiger partial charge in [0.05, 0.1) is 10.9 Å². The van der Waals surface area contributed by atoms with Gasteiger partial charge in [0.15, 0.2) is 11.2 Å². The van der Waals surface area contributed by atoms with Crippen LogP contribution < -0.4 is 21.1 Å². The lowest BCUT2D eigenvalue weighted by Crippen LogP contribution is -2.43. The molecule has 27 heavy (non-hydrogen) atoms. The van der Waals surface area contributed by atoms with Crippen LogP contribution in [-0.4, -0.2) is 54.0 Å². The number of anilines is 1. The number of carboxylic acid groups (broad SMARTS) is 1. The van der Waals surface area contributed by atoms with Gasteiger partial charge in [0.2, 0.25) is 11.4 Å². The van der Waals surface area contributed by atoms with Gasteiger partial charge in [-0.25, -0.2) is 14.5 Å². The molecule has 0 atom stereocenters. The smallest absolute Gasteiger partial charge is 0.344 e. The molecule has 2 aromatic heterocycles. The van der Waals surface area contributed by atoms with E-state index in [2.05, 4.69) is 20.6 Å². The Bertz CT molecular complexity index is 1120. The van der Waals surface area contributed by atoms with Gasteiger partial charge in [0.1, 0.15) is 0 Å². The minimum Gasteiger partial charge on any atom is -0.477 e. The topological polar surface area (TPSA) is 99.5 Å². The molecule has 8 nitrogen and oxygen atoms in total. The Morgan fingerprint density at radius 3 is 2.70 bits per heavy atom. The van der Waals surface area contributed by atoms with Crippen LogP contribution in [0.25, 0.3) is 21.9 Å². The molecule has 0 amide bonds. The second kappa shape index (κ2) is 6.51. The van der Waals surface area contributed by atoms with E-state index in [-0.39, 0.29) is 11.0 Å². The Hall–Kier alpha value is -3.20. The van der Waals surface area contributed by atoms with Crippen molar-refractivity contribution in [1.29, 1.82) is 0 Å². The van der Waals surface area contributed by atoms with Crippen molar-refractivity contribution in [3.63, 3.8) is 0 Å². The maximum absolute atomic E-state index is 14.5. The van der Waals surface area contributed by atoms with Gasteiger partial charge >= 0.3 is 5.97 Å². The van der Waals surface area contributed by atoms with Crippen LogP contribution >= 0.6 is 0 Å². The van der Waals surface area contributed by atoms with Crippen molar-refractivity contribution in [1.82, 2.24) is 15.0 Å². The summed E-state index contributed by atoms with van der Waals surface area (Å²) < 4.78 is 15.4. The zero-order chi connectivity index (χ0) is 19.1. The van der Waals surface area contributed by atoms with Crippen molar-refractivity contribution >= 4 is 33.6 Å². The van der Waals surface area contributed by atoms with Gasteiger partial charge in [-0.3, -0.25) is 4.79 Å². The van der Waals surface area contributed by atoms with E-state index in [1.54, 1.807) is 6.07 Å². The fourth-order valence-corrected chi connectivity index (χ4v) is 3.43. The van der Waals surface area contributed by atoms with Crippen molar-refractivity contribution in [2.75, 3.05) is 43.6 Å². The molecule has 0 spiro atoms. The van der Waals surface area contributed by atoms with Gasteiger partial charge in [-0.05, 0) is 18.2 Å². The van der Waals surface area contributed by atoms with Crippen LogP contribution in [0, 0.1) is 5.95 Å². The van der Waals surface area contributed by atoms with Crippen molar-refractivity contribution in [3.8, 4) is 0 Å². The molecule has 0 aliphatic carbocycles. The highest BCUT2D eigenvalue weighted by atomic mass is 19.1. The highest BCUT2D eigenvalue weighted by Crippen LogP contribution is 2.24. The Morgan fingerprint density at radius 2 is 2.04 bits per heavy atom. The number of carbonyl (C=O) groups is 1. The SMILES string of the molecule is CNn1c(F)c(C(=O)O)c(=O)c2cc3ccc(N4CCNCC4)cc3nc21. The van der Waals surface area contributed by atoms with Crippen LogP contribution in [0.3, 0.4) is 0 Å². The maximum atomic E-state index is 14.5. The summed E-state index contributed by atoms with van der Waals surface area (Å²) >= 11 is 0. The van der Waals surface area contributed by atoms with E-state index in [0.29, 0.717) is 10.9 Å².